The van der Waals surface area contributed by atoms with Crippen LogP contribution in [-0.2, 0) is 21.4 Å². The lowest BCUT2D eigenvalue weighted by Crippen LogP contribution is -2.55. The molecule has 2 aliphatic rings. The Labute approximate surface area is 150 Å². The van der Waals surface area contributed by atoms with E-state index in [4.69, 9.17) is 0 Å². The molecule has 1 aromatic rings. The summed E-state index contributed by atoms with van der Waals surface area (Å²) in [6.45, 7) is 4.18. The van der Waals surface area contributed by atoms with Crippen molar-refractivity contribution in [1.29, 1.82) is 0 Å². The summed E-state index contributed by atoms with van der Waals surface area (Å²) in [6, 6.07) is 5.71. The Balaban J connectivity index is 1.73. The van der Waals surface area contributed by atoms with Crippen LogP contribution in [0, 0.1) is 5.41 Å². The van der Waals surface area contributed by atoms with Gasteiger partial charge in [-0.3, -0.25) is 9.78 Å². The van der Waals surface area contributed by atoms with E-state index in [0.29, 0.717) is 39.0 Å². The van der Waals surface area contributed by atoms with Crippen molar-refractivity contribution >= 4 is 15.9 Å². The maximum absolute atomic E-state index is 12.5. The zero-order valence-electron chi connectivity index (χ0n) is 14.9. The Morgan fingerprint density at radius 1 is 1.24 bits per heavy atom. The lowest BCUT2D eigenvalue weighted by molar-refractivity contribution is -0.139. The van der Waals surface area contributed by atoms with Gasteiger partial charge >= 0.3 is 0 Å². The van der Waals surface area contributed by atoms with Gasteiger partial charge in [0.1, 0.15) is 0 Å². The molecule has 1 spiro atoms. The van der Waals surface area contributed by atoms with E-state index in [1.165, 1.54) is 0 Å². The van der Waals surface area contributed by atoms with Gasteiger partial charge in [0, 0.05) is 37.7 Å². The van der Waals surface area contributed by atoms with E-state index in [1.807, 2.05) is 30.0 Å². The summed E-state index contributed by atoms with van der Waals surface area (Å²) in [5, 5.41) is 0. The largest absolute Gasteiger partial charge is 0.336 e. The van der Waals surface area contributed by atoms with E-state index in [2.05, 4.69) is 4.98 Å². The van der Waals surface area contributed by atoms with Crippen molar-refractivity contribution in [3.05, 3.63) is 30.1 Å². The van der Waals surface area contributed by atoms with Crippen LogP contribution < -0.4 is 0 Å². The summed E-state index contributed by atoms with van der Waals surface area (Å²) in [5.74, 6) is 0.351. The highest BCUT2D eigenvalue weighted by Gasteiger charge is 2.44. The molecule has 3 rings (SSSR count). The molecule has 1 amide bonds. The molecular weight excluding hydrogens is 338 g/mol. The van der Waals surface area contributed by atoms with Gasteiger partial charge in [0.05, 0.1) is 18.0 Å². The fourth-order valence-corrected chi connectivity index (χ4v) is 5.71. The minimum absolute atomic E-state index is 0.109. The average Bonchev–Trinajstić information content (AvgIpc) is 2.59. The molecule has 138 valence electrons. The molecule has 1 unspecified atom stereocenters. The fraction of sp³-hybridized carbons (Fsp3) is 0.667. The number of aromatic nitrogens is 1. The van der Waals surface area contributed by atoms with Crippen LogP contribution in [-0.4, -0.2) is 53.9 Å². The van der Waals surface area contributed by atoms with E-state index < -0.39 is 10.0 Å². The summed E-state index contributed by atoms with van der Waals surface area (Å²) < 4.78 is 26.6. The standard InChI is InChI=1S/C18H27N3O3S/c1-2-12-25(23,24)21-11-5-8-18(15-21)9-7-17(22)20(14-18)13-16-6-3-4-10-19-16/h3-4,6,10H,2,5,7-9,11-15H2,1H3. The maximum Gasteiger partial charge on any atom is 0.222 e. The Morgan fingerprint density at radius 2 is 2.08 bits per heavy atom. The summed E-state index contributed by atoms with van der Waals surface area (Å²) in [4.78, 5) is 18.6. The number of amides is 1. The Hall–Kier alpha value is -1.47. The molecule has 6 nitrogen and oxygen atoms in total. The van der Waals surface area contributed by atoms with Crippen molar-refractivity contribution in [1.82, 2.24) is 14.2 Å². The summed E-state index contributed by atoms with van der Waals surface area (Å²) in [5.41, 5.74) is 0.765. The number of pyridine rings is 1. The lowest BCUT2D eigenvalue weighted by Gasteiger charge is -2.47. The topological polar surface area (TPSA) is 70.6 Å². The third-order valence-corrected chi connectivity index (χ3v) is 7.33. The number of rotatable bonds is 5. The number of nitrogens with zero attached hydrogens (tertiary/aromatic N) is 3. The monoisotopic (exact) mass is 365 g/mol. The quantitative estimate of drug-likeness (QED) is 0.800. The van der Waals surface area contributed by atoms with Gasteiger partial charge < -0.3 is 4.90 Å². The van der Waals surface area contributed by atoms with Crippen molar-refractivity contribution in [2.24, 2.45) is 5.41 Å². The summed E-state index contributed by atoms with van der Waals surface area (Å²) >= 11 is 0. The smallest absolute Gasteiger partial charge is 0.222 e. The molecule has 1 aromatic heterocycles. The zero-order valence-corrected chi connectivity index (χ0v) is 15.7. The number of hydrogen-bond donors (Lipinski definition) is 0. The van der Waals surface area contributed by atoms with Gasteiger partial charge in [-0.05, 0) is 37.8 Å². The number of piperidine rings is 2. The average molecular weight is 365 g/mol. The zero-order chi connectivity index (χ0) is 17.9. The van der Waals surface area contributed by atoms with E-state index in [0.717, 1.165) is 25.0 Å². The first-order chi connectivity index (χ1) is 11.9. The third kappa shape index (κ3) is 4.20. The molecule has 3 heterocycles. The minimum Gasteiger partial charge on any atom is -0.336 e. The highest BCUT2D eigenvalue weighted by atomic mass is 32.2. The number of carbonyl (C=O) groups is 1. The Kier molecular flexibility index (Phi) is 5.43. The molecule has 2 fully saturated rings. The SMILES string of the molecule is CCCS(=O)(=O)N1CCCC2(CCC(=O)N(Cc3ccccn3)C2)C1. The van der Waals surface area contributed by atoms with E-state index >= 15 is 0 Å². The first-order valence-corrected chi connectivity index (χ1v) is 10.7. The second kappa shape index (κ2) is 7.41. The second-order valence-electron chi connectivity index (χ2n) is 7.32. The van der Waals surface area contributed by atoms with Crippen molar-refractivity contribution in [2.75, 3.05) is 25.4 Å². The van der Waals surface area contributed by atoms with Crippen LogP contribution in [0.25, 0.3) is 0 Å². The lowest BCUT2D eigenvalue weighted by atomic mass is 9.74. The molecular formula is C18H27N3O3S. The minimum atomic E-state index is -3.18. The molecule has 2 aliphatic heterocycles. The van der Waals surface area contributed by atoms with Gasteiger partial charge in [-0.25, -0.2) is 12.7 Å². The van der Waals surface area contributed by atoms with Gasteiger partial charge in [0.15, 0.2) is 0 Å². The Bertz CT molecular complexity index is 708. The molecule has 0 bridgehead atoms. The normalized spacial score (nSPS) is 25.5. The number of likely N-dealkylation sites (tertiary alicyclic amines) is 1. The Morgan fingerprint density at radius 3 is 2.80 bits per heavy atom. The van der Waals surface area contributed by atoms with Crippen LogP contribution in [0.5, 0.6) is 0 Å². The molecule has 25 heavy (non-hydrogen) atoms. The van der Waals surface area contributed by atoms with Crippen LogP contribution in [0.2, 0.25) is 0 Å². The van der Waals surface area contributed by atoms with Gasteiger partial charge in [-0.1, -0.05) is 13.0 Å². The number of sulfonamides is 1. The van der Waals surface area contributed by atoms with Crippen molar-refractivity contribution < 1.29 is 13.2 Å². The molecule has 0 aromatic carbocycles. The molecule has 0 saturated carbocycles. The van der Waals surface area contributed by atoms with Crippen molar-refractivity contribution in [2.45, 2.75) is 45.6 Å². The number of hydrogen-bond acceptors (Lipinski definition) is 4. The second-order valence-corrected chi connectivity index (χ2v) is 9.41. The molecule has 0 aliphatic carbocycles. The predicted molar refractivity (Wildman–Crippen MR) is 96.2 cm³/mol. The van der Waals surface area contributed by atoms with Crippen LogP contribution in [0.1, 0.15) is 44.7 Å². The molecule has 2 saturated heterocycles. The van der Waals surface area contributed by atoms with E-state index in [-0.39, 0.29) is 17.1 Å². The van der Waals surface area contributed by atoms with Crippen LogP contribution in [0.3, 0.4) is 0 Å². The van der Waals surface area contributed by atoms with Gasteiger partial charge in [-0.15, -0.1) is 0 Å². The molecule has 1 atom stereocenters. The molecule has 7 heteroatoms. The molecule has 0 N–H and O–H groups in total. The first kappa shape index (κ1) is 18.3. The van der Waals surface area contributed by atoms with Crippen LogP contribution >= 0.6 is 0 Å². The maximum atomic E-state index is 12.5. The van der Waals surface area contributed by atoms with Gasteiger partial charge in [0.25, 0.3) is 0 Å². The first-order valence-electron chi connectivity index (χ1n) is 9.10. The van der Waals surface area contributed by atoms with Crippen molar-refractivity contribution in [3.8, 4) is 0 Å². The van der Waals surface area contributed by atoms with Crippen LogP contribution in [0.4, 0.5) is 0 Å². The summed E-state index contributed by atoms with van der Waals surface area (Å²) in [6.07, 6.45) is 5.50. The number of carbonyl (C=O) groups excluding carboxylic acids is 1. The van der Waals surface area contributed by atoms with Gasteiger partial charge in [-0.2, -0.15) is 0 Å². The predicted octanol–water partition coefficient (Wildman–Crippen LogP) is 2.03. The molecule has 0 radical (unpaired) electrons. The summed E-state index contributed by atoms with van der Waals surface area (Å²) in [7, 11) is -3.18. The van der Waals surface area contributed by atoms with E-state index in [1.54, 1.807) is 10.5 Å². The van der Waals surface area contributed by atoms with Gasteiger partial charge in [0.2, 0.25) is 15.9 Å². The van der Waals surface area contributed by atoms with Crippen molar-refractivity contribution in [3.63, 3.8) is 0 Å². The fourth-order valence-electron chi connectivity index (χ4n) is 4.05. The van der Waals surface area contributed by atoms with E-state index in [9.17, 15) is 13.2 Å². The highest BCUT2D eigenvalue weighted by Crippen LogP contribution is 2.40. The highest BCUT2D eigenvalue weighted by molar-refractivity contribution is 7.89. The van der Waals surface area contributed by atoms with Crippen LogP contribution in [0.15, 0.2) is 24.4 Å². The third-order valence-electron chi connectivity index (χ3n) is 5.31.